The maximum atomic E-state index is 16.3. The van der Waals surface area contributed by atoms with Crippen molar-refractivity contribution in [3.8, 4) is 73.1 Å². The SMILES string of the molecule is Cc1cc(C)c(-c2ccc3c(c2)c2cc(-c4c(C)cc(C)cc4C)ccc2n3-c2cc(-c3cccc(C#N)c3)c(C(F)(F)F)cc2-n2c3ccc(-c4c(C)cc(C)cc4C)cc3c3cc(-c4c(C)cc(C)cc4C)ccc32)c(C)c1. The summed E-state index contributed by atoms with van der Waals surface area (Å²) >= 11 is 0. The molecule has 6 heteroatoms. The van der Waals surface area contributed by atoms with Crippen LogP contribution in [0.1, 0.15) is 77.9 Å². The number of nitrogens with zero attached hydrogens (tertiary/aromatic N) is 3. The van der Waals surface area contributed by atoms with Gasteiger partial charge in [0.05, 0.1) is 50.6 Å². The fourth-order valence-corrected chi connectivity index (χ4v) is 13.9. The minimum absolute atomic E-state index is 0.0191. The first-order valence-corrected chi connectivity index (χ1v) is 27.4. The lowest BCUT2D eigenvalue weighted by Gasteiger charge is -2.22. The van der Waals surface area contributed by atoms with Gasteiger partial charge in [-0.2, -0.15) is 18.4 Å². The minimum Gasteiger partial charge on any atom is -0.307 e. The molecule has 0 N–H and O–H groups in total. The predicted octanol–water partition coefficient (Wildman–Crippen LogP) is 20.8. The number of hydrogen-bond donors (Lipinski definition) is 0. The van der Waals surface area contributed by atoms with E-state index in [0.717, 1.165) is 110 Å². The van der Waals surface area contributed by atoms with Crippen molar-refractivity contribution in [3.63, 3.8) is 0 Å². The van der Waals surface area contributed by atoms with Crippen LogP contribution in [0.3, 0.4) is 0 Å². The summed E-state index contributed by atoms with van der Waals surface area (Å²) < 4.78 is 53.3. The topological polar surface area (TPSA) is 33.6 Å². The van der Waals surface area contributed by atoms with Gasteiger partial charge in [-0.1, -0.05) is 107 Å². The zero-order valence-electron chi connectivity index (χ0n) is 47.5. The van der Waals surface area contributed by atoms with Crippen LogP contribution >= 0.6 is 0 Å². The molecule has 0 saturated heterocycles. The number of nitriles is 1. The molecule has 0 amide bonds. The lowest BCUT2D eigenvalue weighted by molar-refractivity contribution is -0.137. The van der Waals surface area contributed by atoms with E-state index in [9.17, 15) is 5.26 Å². The Hall–Kier alpha value is -8.92. The minimum atomic E-state index is -4.79. The van der Waals surface area contributed by atoms with Crippen molar-refractivity contribution in [1.29, 1.82) is 5.26 Å². The fourth-order valence-electron chi connectivity index (χ4n) is 13.9. The summed E-state index contributed by atoms with van der Waals surface area (Å²) in [7, 11) is 0. The maximum absolute atomic E-state index is 16.3. The molecule has 10 aromatic carbocycles. The molecule has 0 unspecified atom stereocenters. The molecule has 0 aliphatic carbocycles. The smallest absolute Gasteiger partial charge is 0.307 e. The number of aromatic nitrogens is 2. The molecule has 3 nitrogen and oxygen atoms in total. The van der Waals surface area contributed by atoms with Crippen molar-refractivity contribution in [3.05, 3.63) is 236 Å². The van der Waals surface area contributed by atoms with Crippen molar-refractivity contribution in [2.45, 2.75) is 89.3 Å². The number of hydrogen-bond acceptors (Lipinski definition) is 1. The second-order valence-corrected chi connectivity index (χ2v) is 22.8. The summed E-state index contributed by atoms with van der Waals surface area (Å²) in [6, 6.07) is 55.5. The molecule has 2 aromatic heterocycles. The Morgan fingerprint density at radius 2 is 0.637 bits per heavy atom. The second-order valence-electron chi connectivity index (χ2n) is 22.8. The molecule has 0 fully saturated rings. The normalized spacial score (nSPS) is 11.9. The molecule has 80 heavy (non-hydrogen) atoms. The third-order valence-electron chi connectivity index (χ3n) is 16.6. The van der Waals surface area contributed by atoms with Crippen molar-refractivity contribution in [1.82, 2.24) is 9.13 Å². The van der Waals surface area contributed by atoms with Gasteiger partial charge in [-0.05, 0) is 256 Å². The Balaban J connectivity index is 1.25. The number of alkyl halides is 3. The van der Waals surface area contributed by atoms with Crippen molar-refractivity contribution < 1.29 is 13.2 Å². The highest BCUT2D eigenvalue weighted by Crippen LogP contribution is 2.48. The summed E-state index contributed by atoms with van der Waals surface area (Å²) in [6.07, 6.45) is -4.79. The van der Waals surface area contributed by atoms with E-state index < -0.39 is 11.7 Å². The van der Waals surface area contributed by atoms with Gasteiger partial charge in [-0.25, -0.2) is 0 Å². The molecular weight excluding hydrogens is 988 g/mol. The van der Waals surface area contributed by atoms with Gasteiger partial charge in [0.1, 0.15) is 0 Å². The number of aryl methyl sites for hydroxylation is 12. The van der Waals surface area contributed by atoms with Crippen molar-refractivity contribution >= 4 is 43.6 Å². The van der Waals surface area contributed by atoms with Gasteiger partial charge < -0.3 is 9.13 Å². The molecule has 12 rings (SSSR count). The van der Waals surface area contributed by atoms with Crippen LogP contribution in [0.15, 0.2) is 158 Å². The van der Waals surface area contributed by atoms with Crippen LogP contribution in [0.2, 0.25) is 0 Å². The van der Waals surface area contributed by atoms with Gasteiger partial charge in [0.25, 0.3) is 0 Å². The van der Waals surface area contributed by atoms with Gasteiger partial charge >= 0.3 is 6.18 Å². The molecule has 0 aliphatic heterocycles. The lowest BCUT2D eigenvalue weighted by atomic mass is 9.91. The quantitative estimate of drug-likeness (QED) is 0.157. The largest absolute Gasteiger partial charge is 0.417 e. The first kappa shape index (κ1) is 51.8. The maximum Gasteiger partial charge on any atom is 0.417 e. The number of fused-ring (bicyclic) bond motifs is 6. The average molecular weight is 1050 g/mol. The van der Waals surface area contributed by atoms with E-state index in [0.29, 0.717) is 16.9 Å². The Morgan fingerprint density at radius 3 is 0.925 bits per heavy atom. The van der Waals surface area contributed by atoms with Crippen LogP contribution in [-0.4, -0.2) is 9.13 Å². The van der Waals surface area contributed by atoms with E-state index in [1.807, 2.05) is 0 Å². The second kappa shape index (κ2) is 19.2. The summed E-state index contributed by atoms with van der Waals surface area (Å²) in [6.45, 7) is 25.7. The first-order valence-electron chi connectivity index (χ1n) is 27.4. The fraction of sp³-hybridized carbons (Fsp3) is 0.176. The Labute approximate surface area is 466 Å². The zero-order valence-corrected chi connectivity index (χ0v) is 47.5. The number of benzene rings is 10. The summed E-state index contributed by atoms with van der Waals surface area (Å²) in [5.74, 6) is 0. The molecule has 2 heterocycles. The molecule has 0 atom stereocenters. The highest BCUT2D eigenvalue weighted by Gasteiger charge is 2.36. The van der Waals surface area contributed by atoms with Crippen LogP contribution < -0.4 is 0 Å². The van der Waals surface area contributed by atoms with Gasteiger partial charge in [-0.3, -0.25) is 0 Å². The highest BCUT2D eigenvalue weighted by atomic mass is 19.4. The van der Waals surface area contributed by atoms with Crippen LogP contribution in [-0.2, 0) is 6.18 Å². The Bertz CT molecular complexity index is 4340. The van der Waals surface area contributed by atoms with E-state index in [2.05, 4.69) is 220 Å². The molecule has 12 aromatic rings. The first-order chi connectivity index (χ1) is 38.2. The highest BCUT2D eigenvalue weighted by molar-refractivity contribution is 6.14. The summed E-state index contributed by atoms with van der Waals surface area (Å²) in [5, 5.41) is 13.9. The Morgan fingerprint density at radius 1 is 0.338 bits per heavy atom. The van der Waals surface area contributed by atoms with Gasteiger partial charge in [0.15, 0.2) is 0 Å². The van der Waals surface area contributed by atoms with Crippen LogP contribution in [0.4, 0.5) is 13.2 Å². The van der Waals surface area contributed by atoms with E-state index in [1.54, 1.807) is 30.3 Å². The predicted molar refractivity (Wildman–Crippen MR) is 329 cm³/mol. The van der Waals surface area contributed by atoms with E-state index >= 15 is 13.2 Å². The van der Waals surface area contributed by atoms with Crippen LogP contribution in [0.25, 0.3) is 111 Å². The van der Waals surface area contributed by atoms with Crippen molar-refractivity contribution in [2.75, 3.05) is 0 Å². The number of halogens is 3. The third-order valence-corrected chi connectivity index (χ3v) is 16.6. The van der Waals surface area contributed by atoms with Crippen LogP contribution in [0.5, 0.6) is 0 Å². The van der Waals surface area contributed by atoms with E-state index in [4.69, 9.17) is 0 Å². The van der Waals surface area contributed by atoms with Crippen LogP contribution in [0, 0.1) is 94.4 Å². The average Bonchev–Trinajstić information content (AvgIpc) is 3.98. The molecule has 0 bridgehead atoms. The molecule has 0 radical (unpaired) electrons. The molecular formula is C74H62F3N3. The van der Waals surface area contributed by atoms with Gasteiger partial charge in [-0.15, -0.1) is 0 Å². The van der Waals surface area contributed by atoms with E-state index in [1.165, 1.54) is 50.6 Å². The third kappa shape index (κ3) is 8.59. The molecule has 0 aliphatic rings. The Kier molecular flexibility index (Phi) is 12.4. The van der Waals surface area contributed by atoms with E-state index in [-0.39, 0.29) is 11.1 Å². The van der Waals surface area contributed by atoms with Gasteiger partial charge in [0, 0.05) is 21.5 Å². The standard InChI is InChI=1S/C74H62F3N3/c1-40-24-44(5)70(45(6)25-40)54-16-20-64-59(33-54)60-34-55(71-46(7)26-41(2)27-47(71)8)17-21-65(60)79(64)68-37-58(53-15-13-14-52(32-53)39-78)63(74(75,76)77)38-69(68)80-66-22-18-56(72-48(9)28-42(3)29-49(72)10)35-61(66)62-36-57(19-23-67(62)80)73-50(11)30-43(4)31-51(73)12/h13-38H,1-12H3. The summed E-state index contributed by atoms with van der Waals surface area (Å²) in [5.41, 5.74) is 26.8. The monoisotopic (exact) mass is 1050 g/mol. The molecule has 394 valence electrons. The molecule has 0 saturated carbocycles. The summed E-state index contributed by atoms with van der Waals surface area (Å²) in [4.78, 5) is 0. The zero-order chi connectivity index (χ0) is 56.4. The lowest BCUT2D eigenvalue weighted by Crippen LogP contribution is -2.12. The van der Waals surface area contributed by atoms with Crippen molar-refractivity contribution in [2.24, 2.45) is 0 Å². The van der Waals surface area contributed by atoms with Gasteiger partial charge in [0.2, 0.25) is 0 Å². The number of rotatable bonds is 7. The molecule has 0 spiro atoms.